The predicted octanol–water partition coefficient (Wildman–Crippen LogP) is 2.37. The maximum Gasteiger partial charge on any atom is 0.433 e. The number of nitrogens with one attached hydrogen (secondary N) is 1. The van der Waals surface area contributed by atoms with Crippen molar-refractivity contribution in [3.8, 4) is 0 Å². The Hall–Kier alpha value is -2.39. The Morgan fingerprint density at radius 1 is 1.24 bits per heavy atom. The van der Waals surface area contributed by atoms with Crippen molar-refractivity contribution in [2.75, 3.05) is 37.0 Å². The largest absolute Gasteiger partial charge is 0.433 e. The molecule has 7 nitrogen and oxygen atoms in total. The van der Waals surface area contributed by atoms with Gasteiger partial charge in [0.15, 0.2) is 11.5 Å². The van der Waals surface area contributed by atoms with E-state index in [1.165, 1.54) is 0 Å². The molecule has 1 N–H and O–H groups in total. The zero-order chi connectivity index (χ0) is 18.2. The zero-order valence-electron chi connectivity index (χ0n) is 14.3. The minimum absolute atomic E-state index is 0.0413. The monoisotopic (exact) mass is 355 g/mol. The van der Waals surface area contributed by atoms with Gasteiger partial charge in [0.25, 0.3) is 0 Å². The lowest BCUT2D eigenvalue weighted by atomic mass is 9.98. The first-order valence-electron chi connectivity index (χ1n) is 8.01. The molecule has 1 saturated heterocycles. The Morgan fingerprint density at radius 2 is 2.00 bits per heavy atom. The van der Waals surface area contributed by atoms with E-state index in [0.29, 0.717) is 18.9 Å². The van der Waals surface area contributed by atoms with Gasteiger partial charge >= 0.3 is 6.18 Å². The van der Waals surface area contributed by atoms with E-state index in [0.717, 1.165) is 24.7 Å². The Morgan fingerprint density at radius 3 is 2.60 bits per heavy atom. The number of piperidine rings is 1. The van der Waals surface area contributed by atoms with Gasteiger partial charge in [-0.2, -0.15) is 23.3 Å². The Bertz CT molecular complexity index is 741. The number of aromatic nitrogens is 5. The van der Waals surface area contributed by atoms with E-state index in [-0.39, 0.29) is 17.7 Å². The summed E-state index contributed by atoms with van der Waals surface area (Å²) in [7, 11) is 3.31. The molecule has 1 fully saturated rings. The molecule has 0 radical (unpaired) electrons. The number of rotatable bonds is 3. The molecule has 0 bridgehead atoms. The summed E-state index contributed by atoms with van der Waals surface area (Å²) in [4.78, 5) is 15.7. The second-order valence-corrected chi connectivity index (χ2v) is 6.37. The van der Waals surface area contributed by atoms with E-state index >= 15 is 0 Å². The highest BCUT2D eigenvalue weighted by atomic mass is 19.4. The normalized spacial score (nSPS) is 18.5. The van der Waals surface area contributed by atoms with Gasteiger partial charge < -0.3 is 9.80 Å². The second-order valence-electron chi connectivity index (χ2n) is 6.37. The fourth-order valence-corrected chi connectivity index (χ4v) is 2.85. The van der Waals surface area contributed by atoms with E-state index in [1.54, 1.807) is 23.9 Å². The molecule has 0 saturated carbocycles. The molecule has 0 aromatic carbocycles. The van der Waals surface area contributed by atoms with Gasteiger partial charge in [-0.3, -0.25) is 5.10 Å². The lowest BCUT2D eigenvalue weighted by Gasteiger charge is -2.32. The second kappa shape index (κ2) is 6.49. The summed E-state index contributed by atoms with van der Waals surface area (Å²) in [5, 5.41) is 6.99. The average molecular weight is 355 g/mol. The van der Waals surface area contributed by atoms with Crippen LogP contribution in [0.2, 0.25) is 0 Å². The van der Waals surface area contributed by atoms with Crippen LogP contribution in [0.15, 0.2) is 6.07 Å². The van der Waals surface area contributed by atoms with Crippen molar-refractivity contribution in [1.82, 2.24) is 25.1 Å². The van der Waals surface area contributed by atoms with Gasteiger partial charge in [0.1, 0.15) is 11.6 Å². The van der Waals surface area contributed by atoms with Crippen molar-refractivity contribution in [2.45, 2.75) is 31.9 Å². The molecule has 3 heterocycles. The number of nitrogens with zero attached hydrogens (tertiary/aromatic N) is 6. The number of H-pyrrole nitrogens is 1. The third-order valence-electron chi connectivity index (χ3n) is 4.13. The number of hydrogen-bond donors (Lipinski definition) is 1. The minimum Gasteiger partial charge on any atom is -0.363 e. The van der Waals surface area contributed by atoms with Crippen LogP contribution in [0.5, 0.6) is 0 Å². The first-order valence-corrected chi connectivity index (χ1v) is 8.01. The quantitative estimate of drug-likeness (QED) is 0.911. The molecule has 1 unspecified atom stereocenters. The van der Waals surface area contributed by atoms with Crippen LogP contribution < -0.4 is 9.80 Å². The fourth-order valence-electron chi connectivity index (χ4n) is 2.85. The molecule has 1 aliphatic heterocycles. The van der Waals surface area contributed by atoms with E-state index in [9.17, 15) is 13.2 Å². The smallest absolute Gasteiger partial charge is 0.363 e. The Labute approximate surface area is 143 Å². The fraction of sp³-hybridized carbons (Fsp3) is 0.600. The molecule has 2 aromatic rings. The molecular formula is C15H20F3N7. The standard InChI is InChI=1S/C15H20F3N7/c1-9-19-13(23-22-9)10-5-4-6-25(8-10)14-20-11(15(16,17)18)7-12(21-14)24(2)3/h7,10H,4-6,8H2,1-3H3,(H,19,22,23). The van der Waals surface area contributed by atoms with E-state index < -0.39 is 11.9 Å². The summed E-state index contributed by atoms with van der Waals surface area (Å²) in [5.41, 5.74) is -0.933. The lowest BCUT2D eigenvalue weighted by molar-refractivity contribution is -0.141. The summed E-state index contributed by atoms with van der Waals surface area (Å²) in [6.07, 6.45) is -2.82. The molecular weight excluding hydrogens is 335 g/mol. The number of aryl methyl sites for hydroxylation is 1. The number of aromatic amines is 1. The maximum atomic E-state index is 13.2. The van der Waals surface area contributed by atoms with Crippen LogP contribution in [0.3, 0.4) is 0 Å². The minimum atomic E-state index is -4.52. The number of hydrogen-bond acceptors (Lipinski definition) is 6. The highest BCUT2D eigenvalue weighted by molar-refractivity contribution is 5.46. The topological polar surface area (TPSA) is 73.8 Å². The van der Waals surface area contributed by atoms with E-state index in [2.05, 4.69) is 25.1 Å². The van der Waals surface area contributed by atoms with Crippen LogP contribution in [0.4, 0.5) is 24.9 Å². The van der Waals surface area contributed by atoms with Crippen molar-refractivity contribution < 1.29 is 13.2 Å². The third-order valence-corrected chi connectivity index (χ3v) is 4.13. The highest BCUT2D eigenvalue weighted by Gasteiger charge is 2.35. The maximum absolute atomic E-state index is 13.2. The zero-order valence-corrected chi connectivity index (χ0v) is 14.3. The van der Waals surface area contributed by atoms with Gasteiger partial charge in [-0.05, 0) is 19.8 Å². The molecule has 3 rings (SSSR count). The van der Waals surface area contributed by atoms with Crippen LogP contribution in [0.25, 0.3) is 0 Å². The summed E-state index contributed by atoms with van der Waals surface area (Å²) in [6, 6.07) is 0.962. The summed E-state index contributed by atoms with van der Waals surface area (Å²) in [5.74, 6) is 1.77. The Kier molecular flexibility index (Phi) is 4.53. The van der Waals surface area contributed by atoms with Crippen molar-refractivity contribution >= 4 is 11.8 Å². The Balaban J connectivity index is 1.90. The molecule has 136 valence electrons. The molecule has 0 amide bonds. The average Bonchev–Trinajstić information content (AvgIpc) is 3.00. The highest BCUT2D eigenvalue weighted by Crippen LogP contribution is 2.32. The van der Waals surface area contributed by atoms with Gasteiger partial charge in [0.2, 0.25) is 5.95 Å². The first kappa shape index (κ1) is 17.4. The van der Waals surface area contributed by atoms with Crippen LogP contribution in [-0.4, -0.2) is 52.3 Å². The summed E-state index contributed by atoms with van der Waals surface area (Å²) in [6.45, 7) is 2.91. The van der Waals surface area contributed by atoms with Gasteiger partial charge in [-0.25, -0.2) is 9.97 Å². The number of halogens is 3. The molecule has 0 aliphatic carbocycles. The summed E-state index contributed by atoms with van der Waals surface area (Å²) < 4.78 is 39.5. The van der Waals surface area contributed by atoms with Gasteiger partial charge in [0, 0.05) is 39.2 Å². The predicted molar refractivity (Wildman–Crippen MR) is 86.7 cm³/mol. The van der Waals surface area contributed by atoms with Crippen LogP contribution in [0.1, 0.15) is 36.1 Å². The van der Waals surface area contributed by atoms with Crippen molar-refractivity contribution in [1.29, 1.82) is 0 Å². The van der Waals surface area contributed by atoms with Gasteiger partial charge in [-0.1, -0.05) is 0 Å². The van der Waals surface area contributed by atoms with E-state index in [4.69, 9.17) is 0 Å². The van der Waals surface area contributed by atoms with Crippen LogP contribution in [0, 0.1) is 6.92 Å². The van der Waals surface area contributed by atoms with Crippen molar-refractivity contribution in [3.63, 3.8) is 0 Å². The number of alkyl halides is 3. The lowest BCUT2D eigenvalue weighted by Crippen LogP contribution is -2.36. The van der Waals surface area contributed by atoms with Gasteiger partial charge in [-0.15, -0.1) is 0 Å². The molecule has 10 heteroatoms. The van der Waals surface area contributed by atoms with Gasteiger partial charge in [0.05, 0.1) is 0 Å². The third kappa shape index (κ3) is 3.83. The molecule has 0 spiro atoms. The van der Waals surface area contributed by atoms with Crippen molar-refractivity contribution in [3.05, 3.63) is 23.4 Å². The first-order chi connectivity index (χ1) is 11.7. The number of anilines is 2. The molecule has 1 atom stereocenters. The summed E-state index contributed by atoms with van der Waals surface area (Å²) >= 11 is 0. The molecule has 1 aliphatic rings. The van der Waals surface area contributed by atoms with E-state index in [1.807, 2.05) is 6.92 Å². The van der Waals surface area contributed by atoms with Crippen molar-refractivity contribution in [2.24, 2.45) is 0 Å². The van der Waals surface area contributed by atoms with Crippen LogP contribution >= 0.6 is 0 Å². The molecule has 2 aromatic heterocycles. The van der Waals surface area contributed by atoms with Crippen LogP contribution in [-0.2, 0) is 6.18 Å². The molecule has 25 heavy (non-hydrogen) atoms. The SMILES string of the molecule is Cc1nc(C2CCCN(c3nc(N(C)C)cc(C(F)(F)F)n3)C2)n[nH]1.